The number of aryl methyl sites for hydroxylation is 1. The average Bonchev–Trinajstić information content (AvgIpc) is 3.10. The SMILES string of the molecule is Cc1ccccc1OCC(=O)Nc1ccc(-c2nc3cc(Cl)ccc3o2)c(Cl)c1. The smallest absolute Gasteiger partial charge is 0.262 e. The zero-order chi connectivity index (χ0) is 20.4. The molecule has 29 heavy (non-hydrogen) atoms. The van der Waals surface area contributed by atoms with Gasteiger partial charge < -0.3 is 14.5 Å². The molecular weight excluding hydrogens is 411 g/mol. The van der Waals surface area contributed by atoms with Gasteiger partial charge >= 0.3 is 0 Å². The predicted octanol–water partition coefficient (Wildman–Crippen LogP) is 6.13. The Bertz CT molecular complexity index is 1200. The fourth-order valence-corrected chi connectivity index (χ4v) is 3.27. The van der Waals surface area contributed by atoms with E-state index in [0.717, 1.165) is 5.56 Å². The van der Waals surface area contributed by atoms with Gasteiger partial charge in [-0.05, 0) is 55.0 Å². The van der Waals surface area contributed by atoms with Crippen LogP contribution in [0, 0.1) is 6.92 Å². The van der Waals surface area contributed by atoms with E-state index in [1.807, 2.05) is 31.2 Å². The number of para-hydroxylation sites is 1. The van der Waals surface area contributed by atoms with Crippen LogP contribution in [0.15, 0.2) is 65.1 Å². The van der Waals surface area contributed by atoms with Crippen LogP contribution >= 0.6 is 23.2 Å². The minimum Gasteiger partial charge on any atom is -0.483 e. The van der Waals surface area contributed by atoms with Crippen molar-refractivity contribution >= 4 is 45.9 Å². The molecule has 0 aliphatic carbocycles. The summed E-state index contributed by atoms with van der Waals surface area (Å²) in [5, 5.41) is 3.75. The van der Waals surface area contributed by atoms with Crippen LogP contribution in [-0.4, -0.2) is 17.5 Å². The van der Waals surface area contributed by atoms with Gasteiger partial charge in [0.25, 0.3) is 5.91 Å². The van der Waals surface area contributed by atoms with Crippen molar-refractivity contribution in [1.29, 1.82) is 0 Å². The molecule has 7 heteroatoms. The van der Waals surface area contributed by atoms with Crippen molar-refractivity contribution in [1.82, 2.24) is 4.98 Å². The van der Waals surface area contributed by atoms with Gasteiger partial charge in [-0.2, -0.15) is 0 Å². The van der Waals surface area contributed by atoms with E-state index in [9.17, 15) is 4.79 Å². The number of ether oxygens (including phenoxy) is 1. The van der Waals surface area contributed by atoms with Crippen molar-refractivity contribution in [3.63, 3.8) is 0 Å². The molecule has 1 amide bonds. The molecule has 4 aromatic rings. The largest absolute Gasteiger partial charge is 0.483 e. The molecule has 1 heterocycles. The summed E-state index contributed by atoms with van der Waals surface area (Å²) in [4.78, 5) is 16.6. The van der Waals surface area contributed by atoms with E-state index in [2.05, 4.69) is 10.3 Å². The molecule has 3 aromatic carbocycles. The zero-order valence-corrected chi connectivity index (χ0v) is 16.9. The Morgan fingerprint density at radius 3 is 2.72 bits per heavy atom. The number of benzene rings is 3. The number of carbonyl (C=O) groups is 1. The Morgan fingerprint density at radius 2 is 1.93 bits per heavy atom. The highest BCUT2D eigenvalue weighted by Crippen LogP contribution is 2.32. The second-order valence-corrected chi connectivity index (χ2v) is 7.27. The molecule has 5 nitrogen and oxygen atoms in total. The first kappa shape index (κ1) is 19.3. The van der Waals surface area contributed by atoms with Crippen LogP contribution in [0.3, 0.4) is 0 Å². The van der Waals surface area contributed by atoms with Crippen molar-refractivity contribution in [2.24, 2.45) is 0 Å². The minimum absolute atomic E-state index is 0.101. The second-order valence-electron chi connectivity index (χ2n) is 6.43. The van der Waals surface area contributed by atoms with Crippen molar-refractivity contribution < 1.29 is 13.9 Å². The molecule has 1 aromatic heterocycles. The van der Waals surface area contributed by atoms with E-state index in [-0.39, 0.29) is 12.5 Å². The number of amides is 1. The number of nitrogens with one attached hydrogen (secondary N) is 1. The highest BCUT2D eigenvalue weighted by atomic mass is 35.5. The highest BCUT2D eigenvalue weighted by molar-refractivity contribution is 6.33. The first-order chi connectivity index (χ1) is 14.0. The minimum atomic E-state index is -0.284. The highest BCUT2D eigenvalue weighted by Gasteiger charge is 2.13. The number of hydrogen-bond acceptors (Lipinski definition) is 4. The molecule has 0 saturated carbocycles. The van der Waals surface area contributed by atoms with Gasteiger partial charge in [0.2, 0.25) is 5.89 Å². The number of fused-ring (bicyclic) bond motifs is 1. The lowest BCUT2D eigenvalue weighted by Gasteiger charge is -2.10. The van der Waals surface area contributed by atoms with Gasteiger partial charge in [0.1, 0.15) is 11.3 Å². The first-order valence-electron chi connectivity index (χ1n) is 8.84. The number of hydrogen-bond donors (Lipinski definition) is 1. The molecular formula is C22H16Cl2N2O3. The molecule has 0 spiro atoms. The van der Waals surface area contributed by atoms with Crippen molar-refractivity contribution in [3.05, 3.63) is 76.3 Å². The van der Waals surface area contributed by atoms with Crippen LogP contribution in [0.5, 0.6) is 5.75 Å². The molecule has 0 atom stereocenters. The number of aromatic nitrogens is 1. The van der Waals surface area contributed by atoms with E-state index in [1.165, 1.54) is 0 Å². The summed E-state index contributed by atoms with van der Waals surface area (Å²) in [6, 6.07) is 17.8. The third kappa shape index (κ3) is 4.36. The first-order valence-corrected chi connectivity index (χ1v) is 9.59. The fourth-order valence-electron chi connectivity index (χ4n) is 2.84. The third-order valence-corrected chi connectivity index (χ3v) is 4.83. The summed E-state index contributed by atoms with van der Waals surface area (Å²) in [6.45, 7) is 1.82. The van der Waals surface area contributed by atoms with Gasteiger partial charge in [-0.3, -0.25) is 4.79 Å². The monoisotopic (exact) mass is 426 g/mol. The lowest BCUT2D eigenvalue weighted by atomic mass is 10.2. The molecule has 1 N–H and O–H groups in total. The molecule has 0 aliphatic heterocycles. The average molecular weight is 427 g/mol. The molecule has 0 fully saturated rings. The van der Waals surface area contributed by atoms with E-state index in [0.29, 0.717) is 44.0 Å². The Balaban J connectivity index is 1.46. The lowest BCUT2D eigenvalue weighted by molar-refractivity contribution is -0.118. The number of halogens is 2. The summed E-state index contributed by atoms with van der Waals surface area (Å²) < 4.78 is 11.3. The van der Waals surface area contributed by atoms with Crippen LogP contribution in [-0.2, 0) is 4.79 Å². The molecule has 0 bridgehead atoms. The molecule has 4 rings (SSSR count). The maximum absolute atomic E-state index is 12.2. The summed E-state index contributed by atoms with van der Waals surface area (Å²) >= 11 is 12.4. The van der Waals surface area contributed by atoms with E-state index in [4.69, 9.17) is 32.4 Å². The van der Waals surface area contributed by atoms with Gasteiger partial charge in [-0.1, -0.05) is 41.4 Å². The van der Waals surface area contributed by atoms with Gasteiger partial charge in [-0.25, -0.2) is 4.98 Å². The lowest BCUT2D eigenvalue weighted by Crippen LogP contribution is -2.20. The third-order valence-electron chi connectivity index (χ3n) is 4.29. The van der Waals surface area contributed by atoms with E-state index < -0.39 is 0 Å². The van der Waals surface area contributed by atoms with Crippen LogP contribution < -0.4 is 10.1 Å². The van der Waals surface area contributed by atoms with Gasteiger partial charge in [0.05, 0.1) is 10.6 Å². The molecule has 0 saturated heterocycles. The summed E-state index contributed by atoms with van der Waals surface area (Å²) in [6.07, 6.45) is 0. The number of rotatable bonds is 5. The predicted molar refractivity (Wildman–Crippen MR) is 115 cm³/mol. The Morgan fingerprint density at radius 1 is 1.10 bits per heavy atom. The van der Waals surface area contributed by atoms with Gasteiger partial charge in [-0.15, -0.1) is 0 Å². The van der Waals surface area contributed by atoms with E-state index in [1.54, 1.807) is 36.4 Å². The number of oxazole rings is 1. The zero-order valence-electron chi connectivity index (χ0n) is 15.4. The quantitative estimate of drug-likeness (QED) is 0.416. The molecule has 146 valence electrons. The maximum atomic E-state index is 12.2. The van der Waals surface area contributed by atoms with Crippen molar-refractivity contribution in [3.8, 4) is 17.2 Å². The van der Waals surface area contributed by atoms with Crippen LogP contribution in [0.25, 0.3) is 22.6 Å². The molecule has 0 radical (unpaired) electrons. The maximum Gasteiger partial charge on any atom is 0.262 e. The standard InChI is InChI=1S/C22H16Cl2N2O3/c1-13-4-2-3-5-19(13)28-12-21(27)25-15-7-8-16(17(24)11-15)22-26-18-10-14(23)6-9-20(18)29-22/h2-11H,12H2,1H3,(H,25,27). The fraction of sp³-hybridized carbons (Fsp3) is 0.0909. The normalized spacial score (nSPS) is 10.9. The second kappa shape index (κ2) is 8.15. The topological polar surface area (TPSA) is 64.4 Å². The Kier molecular flexibility index (Phi) is 5.43. The van der Waals surface area contributed by atoms with Crippen molar-refractivity contribution in [2.75, 3.05) is 11.9 Å². The number of carbonyl (C=O) groups excluding carboxylic acids is 1. The molecule has 0 aliphatic rings. The van der Waals surface area contributed by atoms with Gasteiger partial charge in [0.15, 0.2) is 12.2 Å². The summed E-state index contributed by atoms with van der Waals surface area (Å²) in [7, 11) is 0. The molecule has 0 unspecified atom stereocenters. The Labute approximate surface area is 177 Å². The summed E-state index contributed by atoms with van der Waals surface area (Å²) in [5.74, 6) is 0.772. The van der Waals surface area contributed by atoms with Crippen LogP contribution in [0.4, 0.5) is 5.69 Å². The number of nitrogens with zero attached hydrogens (tertiary/aromatic N) is 1. The van der Waals surface area contributed by atoms with Crippen LogP contribution in [0.2, 0.25) is 10.0 Å². The van der Waals surface area contributed by atoms with Gasteiger partial charge in [0, 0.05) is 10.7 Å². The summed E-state index contributed by atoms with van der Waals surface area (Å²) in [5.41, 5.74) is 3.40. The van der Waals surface area contributed by atoms with Crippen molar-refractivity contribution in [2.45, 2.75) is 6.92 Å². The van der Waals surface area contributed by atoms with E-state index >= 15 is 0 Å². The van der Waals surface area contributed by atoms with Crippen LogP contribution in [0.1, 0.15) is 5.56 Å². The number of anilines is 1. The Hall–Kier alpha value is -3.02.